The number of nitrogens with one attached hydrogen (secondary N) is 1. The Bertz CT molecular complexity index is 502. The van der Waals surface area contributed by atoms with Crippen LogP contribution in [0.2, 0.25) is 0 Å². The third-order valence-corrected chi connectivity index (χ3v) is 2.41. The van der Waals surface area contributed by atoms with Crippen molar-refractivity contribution < 1.29 is 9.90 Å². The fraction of sp³-hybridized carbons (Fsp3) is 0.182. The Kier molecular flexibility index (Phi) is 2.43. The highest BCUT2D eigenvalue weighted by molar-refractivity contribution is 5.87. The summed E-state index contributed by atoms with van der Waals surface area (Å²) in [6, 6.07) is 5.79. The van der Waals surface area contributed by atoms with Gasteiger partial charge in [0.2, 0.25) is 0 Å². The standard InChI is InChI=1S/C11H12N2O2/c12-5-7-1-2-10-9(3-7)8(6-13-10)4-11(14)15/h1-3,6,13H,4-5,12H2,(H,14,15). The van der Waals surface area contributed by atoms with Gasteiger partial charge in [0.15, 0.2) is 0 Å². The smallest absolute Gasteiger partial charge is 0.307 e. The second-order valence-corrected chi connectivity index (χ2v) is 3.47. The quantitative estimate of drug-likeness (QED) is 0.704. The molecule has 78 valence electrons. The van der Waals surface area contributed by atoms with E-state index in [1.165, 1.54) is 0 Å². The van der Waals surface area contributed by atoms with Gasteiger partial charge in [0.25, 0.3) is 0 Å². The molecule has 0 atom stereocenters. The number of hydrogen-bond donors (Lipinski definition) is 3. The first-order valence-electron chi connectivity index (χ1n) is 4.71. The minimum absolute atomic E-state index is 0.0357. The minimum Gasteiger partial charge on any atom is -0.481 e. The van der Waals surface area contributed by atoms with E-state index in [2.05, 4.69) is 4.98 Å². The Morgan fingerprint density at radius 2 is 2.27 bits per heavy atom. The largest absolute Gasteiger partial charge is 0.481 e. The highest BCUT2D eigenvalue weighted by atomic mass is 16.4. The number of rotatable bonds is 3. The Morgan fingerprint density at radius 3 is 2.93 bits per heavy atom. The van der Waals surface area contributed by atoms with E-state index in [9.17, 15) is 4.79 Å². The first kappa shape index (κ1) is 9.73. The van der Waals surface area contributed by atoms with Gasteiger partial charge in [-0.25, -0.2) is 0 Å². The Labute approximate surface area is 86.7 Å². The maximum Gasteiger partial charge on any atom is 0.307 e. The van der Waals surface area contributed by atoms with Crippen molar-refractivity contribution in [2.24, 2.45) is 5.73 Å². The summed E-state index contributed by atoms with van der Waals surface area (Å²) in [4.78, 5) is 13.7. The molecular formula is C11H12N2O2. The molecular weight excluding hydrogens is 192 g/mol. The predicted molar refractivity (Wildman–Crippen MR) is 57.5 cm³/mol. The van der Waals surface area contributed by atoms with Gasteiger partial charge in [0, 0.05) is 23.6 Å². The van der Waals surface area contributed by atoms with E-state index >= 15 is 0 Å². The Hall–Kier alpha value is -1.81. The molecule has 1 heterocycles. The molecule has 0 radical (unpaired) electrons. The lowest BCUT2D eigenvalue weighted by atomic mass is 10.1. The molecule has 4 heteroatoms. The SMILES string of the molecule is NCc1ccc2[nH]cc(CC(=O)O)c2c1. The van der Waals surface area contributed by atoms with Gasteiger partial charge >= 0.3 is 5.97 Å². The third kappa shape index (κ3) is 1.85. The monoisotopic (exact) mass is 204 g/mol. The molecule has 0 aliphatic carbocycles. The van der Waals surface area contributed by atoms with Crippen molar-refractivity contribution in [3.8, 4) is 0 Å². The van der Waals surface area contributed by atoms with Gasteiger partial charge in [-0.1, -0.05) is 6.07 Å². The molecule has 0 fully saturated rings. The Morgan fingerprint density at radius 1 is 1.47 bits per heavy atom. The number of benzene rings is 1. The van der Waals surface area contributed by atoms with Crippen molar-refractivity contribution in [3.05, 3.63) is 35.5 Å². The highest BCUT2D eigenvalue weighted by Gasteiger charge is 2.07. The average molecular weight is 204 g/mol. The van der Waals surface area contributed by atoms with Crippen LogP contribution in [0.3, 0.4) is 0 Å². The number of hydrogen-bond acceptors (Lipinski definition) is 2. The van der Waals surface area contributed by atoms with Crippen molar-refractivity contribution in [1.82, 2.24) is 4.98 Å². The van der Waals surface area contributed by atoms with Gasteiger partial charge in [0.05, 0.1) is 6.42 Å². The predicted octanol–water partition coefficient (Wildman–Crippen LogP) is 1.25. The van der Waals surface area contributed by atoms with Gasteiger partial charge in [0.1, 0.15) is 0 Å². The maximum atomic E-state index is 10.6. The van der Waals surface area contributed by atoms with E-state index < -0.39 is 5.97 Å². The molecule has 0 spiro atoms. The number of carbonyl (C=O) groups is 1. The molecule has 2 rings (SSSR count). The van der Waals surface area contributed by atoms with Crippen molar-refractivity contribution in [1.29, 1.82) is 0 Å². The molecule has 0 saturated heterocycles. The number of aromatic amines is 1. The molecule has 4 nitrogen and oxygen atoms in total. The van der Waals surface area contributed by atoms with E-state index in [-0.39, 0.29) is 6.42 Å². The van der Waals surface area contributed by atoms with Crippen LogP contribution in [0.5, 0.6) is 0 Å². The van der Waals surface area contributed by atoms with Gasteiger partial charge in [-0.15, -0.1) is 0 Å². The second-order valence-electron chi connectivity index (χ2n) is 3.47. The van der Waals surface area contributed by atoms with Gasteiger partial charge < -0.3 is 15.8 Å². The number of H-pyrrole nitrogens is 1. The van der Waals surface area contributed by atoms with Crippen LogP contribution in [0.1, 0.15) is 11.1 Å². The second kappa shape index (κ2) is 3.74. The summed E-state index contributed by atoms with van der Waals surface area (Å²) < 4.78 is 0. The fourth-order valence-corrected chi connectivity index (χ4v) is 1.66. The fourth-order valence-electron chi connectivity index (χ4n) is 1.66. The highest BCUT2D eigenvalue weighted by Crippen LogP contribution is 2.20. The average Bonchev–Trinajstić information content (AvgIpc) is 2.60. The van der Waals surface area contributed by atoms with Crippen molar-refractivity contribution in [2.45, 2.75) is 13.0 Å². The van der Waals surface area contributed by atoms with Crippen LogP contribution in [0.15, 0.2) is 24.4 Å². The minimum atomic E-state index is -0.825. The zero-order valence-corrected chi connectivity index (χ0v) is 8.16. The van der Waals surface area contributed by atoms with E-state index in [1.54, 1.807) is 6.20 Å². The summed E-state index contributed by atoms with van der Waals surface area (Å²) in [5, 5.41) is 9.68. The normalized spacial score (nSPS) is 10.7. The van der Waals surface area contributed by atoms with E-state index in [4.69, 9.17) is 10.8 Å². The van der Waals surface area contributed by atoms with Gasteiger partial charge in [-0.2, -0.15) is 0 Å². The molecule has 0 aliphatic rings. The first-order valence-corrected chi connectivity index (χ1v) is 4.71. The first-order chi connectivity index (χ1) is 7.20. The van der Waals surface area contributed by atoms with Crippen molar-refractivity contribution in [3.63, 3.8) is 0 Å². The summed E-state index contributed by atoms with van der Waals surface area (Å²) >= 11 is 0. The molecule has 0 bridgehead atoms. The van der Waals surface area contributed by atoms with E-state index in [0.717, 1.165) is 22.0 Å². The topological polar surface area (TPSA) is 79.1 Å². The zero-order valence-electron chi connectivity index (χ0n) is 8.16. The van der Waals surface area contributed by atoms with Crippen LogP contribution in [0, 0.1) is 0 Å². The van der Waals surface area contributed by atoms with E-state index in [1.807, 2.05) is 18.2 Å². The lowest BCUT2D eigenvalue weighted by molar-refractivity contribution is -0.136. The van der Waals surface area contributed by atoms with Crippen LogP contribution >= 0.6 is 0 Å². The molecule has 0 aliphatic heterocycles. The summed E-state index contributed by atoms with van der Waals surface area (Å²) in [5.41, 5.74) is 8.29. The summed E-state index contributed by atoms with van der Waals surface area (Å²) in [6.45, 7) is 0.466. The molecule has 1 aromatic heterocycles. The van der Waals surface area contributed by atoms with E-state index in [0.29, 0.717) is 6.54 Å². The van der Waals surface area contributed by atoms with Crippen LogP contribution in [-0.2, 0) is 17.8 Å². The molecule has 2 aromatic rings. The zero-order chi connectivity index (χ0) is 10.8. The number of aromatic nitrogens is 1. The number of nitrogens with two attached hydrogens (primary N) is 1. The van der Waals surface area contributed by atoms with Crippen molar-refractivity contribution >= 4 is 16.9 Å². The summed E-state index contributed by atoms with van der Waals surface area (Å²) in [6.07, 6.45) is 1.77. The lowest BCUT2D eigenvalue weighted by Gasteiger charge is -1.98. The lowest BCUT2D eigenvalue weighted by Crippen LogP contribution is -1.99. The van der Waals surface area contributed by atoms with Gasteiger partial charge in [-0.05, 0) is 23.3 Å². The number of fused-ring (bicyclic) bond motifs is 1. The Balaban J connectivity index is 2.51. The number of aliphatic carboxylic acids is 1. The summed E-state index contributed by atoms with van der Waals surface area (Å²) in [7, 11) is 0. The van der Waals surface area contributed by atoms with Crippen LogP contribution in [0.25, 0.3) is 10.9 Å². The van der Waals surface area contributed by atoms with Crippen LogP contribution in [0.4, 0.5) is 0 Å². The molecule has 4 N–H and O–H groups in total. The third-order valence-electron chi connectivity index (χ3n) is 2.41. The molecule has 0 saturated carbocycles. The molecule has 15 heavy (non-hydrogen) atoms. The molecule has 1 aromatic carbocycles. The molecule has 0 amide bonds. The van der Waals surface area contributed by atoms with Crippen LogP contribution in [-0.4, -0.2) is 16.1 Å². The van der Waals surface area contributed by atoms with Gasteiger partial charge in [-0.3, -0.25) is 4.79 Å². The van der Waals surface area contributed by atoms with Crippen molar-refractivity contribution in [2.75, 3.05) is 0 Å². The summed E-state index contributed by atoms with van der Waals surface area (Å²) in [5.74, 6) is -0.825. The van der Waals surface area contributed by atoms with Crippen LogP contribution < -0.4 is 5.73 Å². The maximum absolute atomic E-state index is 10.6. The number of carboxylic acids is 1. The number of carboxylic acid groups (broad SMARTS) is 1. The molecule has 0 unspecified atom stereocenters.